The maximum Gasteiger partial charge on any atom is 0.244 e. The van der Waals surface area contributed by atoms with Crippen LogP contribution in [0.15, 0.2) is 15.4 Å². The molecule has 3 rings (SSSR count). The molecule has 1 fully saturated rings. The van der Waals surface area contributed by atoms with E-state index in [4.69, 9.17) is 9.26 Å². The van der Waals surface area contributed by atoms with Crippen molar-refractivity contribution < 1.29 is 9.26 Å². The second-order valence-electron chi connectivity index (χ2n) is 4.70. The summed E-state index contributed by atoms with van der Waals surface area (Å²) in [6, 6.07) is 0.118. The van der Waals surface area contributed by atoms with E-state index < -0.39 is 0 Å². The van der Waals surface area contributed by atoms with Crippen molar-refractivity contribution in [3.05, 3.63) is 28.3 Å². The summed E-state index contributed by atoms with van der Waals surface area (Å²) in [7, 11) is 1.74. The standard InChI is InChI=1S/C12H16N4O2S/c1-8-14-12(18-15-8)11-3-10(17-2)5-16(11)4-9-6-19-7-13-9/h6-7,10-11H,3-5H2,1-2H3/t10-,11-/m1/s1. The summed E-state index contributed by atoms with van der Waals surface area (Å²) in [6.45, 7) is 3.48. The lowest BCUT2D eigenvalue weighted by molar-refractivity contribution is 0.107. The van der Waals surface area contributed by atoms with Crippen molar-refractivity contribution in [3.63, 3.8) is 0 Å². The molecule has 0 spiro atoms. The molecule has 102 valence electrons. The Bertz CT molecular complexity index is 528. The monoisotopic (exact) mass is 280 g/mol. The number of aromatic nitrogens is 3. The molecule has 1 aliphatic rings. The third-order valence-electron chi connectivity index (χ3n) is 3.38. The van der Waals surface area contributed by atoms with Gasteiger partial charge in [-0.05, 0) is 13.3 Å². The van der Waals surface area contributed by atoms with Crippen LogP contribution < -0.4 is 0 Å². The van der Waals surface area contributed by atoms with E-state index in [0.717, 1.165) is 25.2 Å². The normalized spacial score (nSPS) is 24.1. The van der Waals surface area contributed by atoms with E-state index in [1.54, 1.807) is 18.4 Å². The largest absolute Gasteiger partial charge is 0.380 e. The molecule has 1 aliphatic heterocycles. The number of methoxy groups -OCH3 is 1. The molecule has 0 unspecified atom stereocenters. The Labute approximate surface area is 115 Å². The number of nitrogens with zero attached hydrogens (tertiary/aromatic N) is 4. The van der Waals surface area contributed by atoms with E-state index in [-0.39, 0.29) is 12.1 Å². The predicted octanol–water partition coefficient (Wildman–Crippen LogP) is 1.80. The first-order chi connectivity index (χ1) is 9.26. The fraction of sp³-hybridized carbons (Fsp3) is 0.583. The summed E-state index contributed by atoms with van der Waals surface area (Å²) in [5.41, 5.74) is 2.92. The molecule has 0 aliphatic carbocycles. The molecule has 3 heterocycles. The first kappa shape index (κ1) is 12.7. The van der Waals surface area contributed by atoms with Crippen LogP contribution in [0.3, 0.4) is 0 Å². The van der Waals surface area contributed by atoms with Gasteiger partial charge in [-0.25, -0.2) is 4.98 Å². The minimum atomic E-state index is 0.118. The van der Waals surface area contributed by atoms with Gasteiger partial charge in [0.2, 0.25) is 5.89 Å². The van der Waals surface area contributed by atoms with Gasteiger partial charge in [0.05, 0.1) is 23.4 Å². The van der Waals surface area contributed by atoms with Gasteiger partial charge < -0.3 is 9.26 Å². The zero-order chi connectivity index (χ0) is 13.2. The van der Waals surface area contributed by atoms with Crippen LogP contribution in [0.5, 0.6) is 0 Å². The molecule has 0 amide bonds. The molecule has 19 heavy (non-hydrogen) atoms. The summed E-state index contributed by atoms with van der Waals surface area (Å²) in [4.78, 5) is 11.0. The minimum Gasteiger partial charge on any atom is -0.380 e. The van der Waals surface area contributed by atoms with Crippen LogP contribution in [0.1, 0.15) is 29.9 Å². The number of thiazole rings is 1. The van der Waals surface area contributed by atoms with Crippen molar-refractivity contribution >= 4 is 11.3 Å². The summed E-state index contributed by atoms with van der Waals surface area (Å²) < 4.78 is 10.8. The topological polar surface area (TPSA) is 64.3 Å². The maximum absolute atomic E-state index is 5.47. The molecule has 2 atom stereocenters. The third kappa shape index (κ3) is 2.68. The summed E-state index contributed by atoms with van der Waals surface area (Å²) in [5, 5.41) is 5.94. The Morgan fingerprint density at radius 1 is 1.58 bits per heavy atom. The van der Waals surface area contributed by atoms with E-state index in [9.17, 15) is 0 Å². The Hall–Kier alpha value is -1.31. The average Bonchev–Trinajstić information content (AvgIpc) is 3.10. The minimum absolute atomic E-state index is 0.118. The molecule has 0 aromatic carbocycles. The van der Waals surface area contributed by atoms with Crippen molar-refractivity contribution in [2.45, 2.75) is 32.0 Å². The number of hydrogen-bond donors (Lipinski definition) is 0. The molecule has 2 aromatic rings. The second kappa shape index (κ2) is 5.36. The molecule has 7 heteroatoms. The summed E-state index contributed by atoms with van der Waals surface area (Å²) in [6.07, 6.45) is 1.08. The van der Waals surface area contributed by atoms with Crippen molar-refractivity contribution in [2.75, 3.05) is 13.7 Å². The van der Waals surface area contributed by atoms with Crippen LogP contribution in [-0.2, 0) is 11.3 Å². The molecule has 1 saturated heterocycles. The highest BCUT2D eigenvalue weighted by Gasteiger charge is 2.36. The zero-order valence-corrected chi connectivity index (χ0v) is 11.8. The maximum atomic E-state index is 5.47. The molecule has 0 N–H and O–H groups in total. The number of aryl methyl sites for hydroxylation is 1. The summed E-state index contributed by atoms with van der Waals surface area (Å²) >= 11 is 1.61. The van der Waals surface area contributed by atoms with Gasteiger partial charge in [-0.15, -0.1) is 11.3 Å². The van der Waals surface area contributed by atoms with Crippen molar-refractivity contribution in [2.24, 2.45) is 0 Å². The van der Waals surface area contributed by atoms with Gasteiger partial charge in [-0.2, -0.15) is 4.98 Å². The first-order valence-corrected chi connectivity index (χ1v) is 7.14. The van der Waals surface area contributed by atoms with Crippen molar-refractivity contribution in [1.29, 1.82) is 0 Å². The van der Waals surface area contributed by atoms with E-state index in [2.05, 4.69) is 25.4 Å². The van der Waals surface area contributed by atoms with E-state index >= 15 is 0 Å². The van der Waals surface area contributed by atoms with E-state index in [1.165, 1.54) is 0 Å². The zero-order valence-electron chi connectivity index (χ0n) is 10.9. The molecule has 0 radical (unpaired) electrons. The third-order valence-corrected chi connectivity index (χ3v) is 4.01. The quantitative estimate of drug-likeness (QED) is 0.851. The SMILES string of the molecule is CO[C@@H]1C[C@H](c2nc(C)no2)N(Cc2cscn2)C1. The van der Waals surface area contributed by atoms with Gasteiger partial charge in [0.1, 0.15) is 0 Å². The van der Waals surface area contributed by atoms with E-state index in [1.807, 2.05) is 12.4 Å². The number of rotatable bonds is 4. The number of hydrogen-bond acceptors (Lipinski definition) is 7. The van der Waals surface area contributed by atoms with Gasteiger partial charge in [0, 0.05) is 25.6 Å². The predicted molar refractivity (Wildman–Crippen MR) is 69.7 cm³/mol. The molecule has 2 aromatic heterocycles. The molecule has 0 bridgehead atoms. The van der Waals surface area contributed by atoms with Crippen LogP contribution in [0.25, 0.3) is 0 Å². The average molecular weight is 280 g/mol. The Morgan fingerprint density at radius 2 is 2.47 bits per heavy atom. The lowest BCUT2D eigenvalue weighted by Crippen LogP contribution is -2.25. The molecular formula is C12H16N4O2S. The van der Waals surface area contributed by atoms with Gasteiger partial charge in [0.25, 0.3) is 0 Å². The molecule has 0 saturated carbocycles. The highest BCUT2D eigenvalue weighted by molar-refractivity contribution is 7.07. The number of likely N-dealkylation sites (tertiary alicyclic amines) is 1. The Morgan fingerprint density at radius 3 is 3.11 bits per heavy atom. The van der Waals surface area contributed by atoms with Crippen molar-refractivity contribution in [3.8, 4) is 0 Å². The van der Waals surface area contributed by atoms with Crippen LogP contribution in [0, 0.1) is 6.92 Å². The van der Waals surface area contributed by atoms with Crippen LogP contribution >= 0.6 is 11.3 Å². The highest BCUT2D eigenvalue weighted by Crippen LogP contribution is 2.33. The smallest absolute Gasteiger partial charge is 0.244 e. The fourth-order valence-electron chi connectivity index (χ4n) is 2.44. The molecular weight excluding hydrogens is 264 g/mol. The Kier molecular flexibility index (Phi) is 3.58. The van der Waals surface area contributed by atoms with E-state index in [0.29, 0.717) is 11.7 Å². The lowest BCUT2D eigenvalue weighted by atomic mass is 10.2. The van der Waals surface area contributed by atoms with Crippen LogP contribution in [0.2, 0.25) is 0 Å². The van der Waals surface area contributed by atoms with Crippen molar-refractivity contribution in [1.82, 2.24) is 20.0 Å². The summed E-state index contributed by atoms with van der Waals surface area (Å²) in [5.74, 6) is 1.34. The highest BCUT2D eigenvalue weighted by atomic mass is 32.1. The van der Waals surface area contributed by atoms with Gasteiger partial charge >= 0.3 is 0 Å². The first-order valence-electron chi connectivity index (χ1n) is 6.20. The van der Waals surface area contributed by atoms with Gasteiger partial charge in [0.15, 0.2) is 5.82 Å². The lowest BCUT2D eigenvalue weighted by Gasteiger charge is -2.19. The second-order valence-corrected chi connectivity index (χ2v) is 5.42. The fourth-order valence-corrected chi connectivity index (χ4v) is 2.99. The number of ether oxygens (including phenoxy) is 1. The van der Waals surface area contributed by atoms with Crippen LogP contribution in [0.4, 0.5) is 0 Å². The molecule has 6 nitrogen and oxygen atoms in total. The Balaban J connectivity index is 1.79. The van der Waals surface area contributed by atoms with Gasteiger partial charge in [-0.1, -0.05) is 5.16 Å². The van der Waals surface area contributed by atoms with Gasteiger partial charge in [-0.3, -0.25) is 4.90 Å². The van der Waals surface area contributed by atoms with Crippen LogP contribution in [-0.4, -0.2) is 39.8 Å².